The van der Waals surface area contributed by atoms with Crippen LogP contribution < -0.4 is 0 Å². The number of nitrogens with one attached hydrogen (secondary N) is 1. The number of rotatable bonds is 2. The van der Waals surface area contributed by atoms with Gasteiger partial charge in [-0.3, -0.25) is 10.1 Å². The molecule has 0 radical (unpaired) electrons. The van der Waals surface area contributed by atoms with Crippen LogP contribution in [0.25, 0.3) is 11.4 Å². The van der Waals surface area contributed by atoms with Crippen molar-refractivity contribution in [1.82, 2.24) is 15.2 Å². The molecule has 1 N–H and O–H groups in total. The van der Waals surface area contributed by atoms with Gasteiger partial charge in [0.25, 0.3) is 0 Å². The fraction of sp³-hybridized carbons (Fsp3) is 0.200. The molecular formula is C10H6F5N3. The van der Waals surface area contributed by atoms with Crippen molar-refractivity contribution in [2.24, 2.45) is 0 Å². The smallest absolute Gasteiger partial charge is 0.275 e. The Labute approximate surface area is 97.7 Å². The van der Waals surface area contributed by atoms with E-state index in [-0.39, 0.29) is 11.4 Å². The summed E-state index contributed by atoms with van der Waals surface area (Å²) in [5, 5.41) is 5.09. The predicted octanol–water partition coefficient (Wildman–Crippen LogP) is 3.13. The van der Waals surface area contributed by atoms with Crippen LogP contribution in [0, 0.1) is 0 Å². The van der Waals surface area contributed by atoms with Crippen LogP contribution in [0.4, 0.5) is 22.0 Å². The second-order valence-corrected chi connectivity index (χ2v) is 3.45. The molecule has 0 spiro atoms. The van der Waals surface area contributed by atoms with E-state index in [0.29, 0.717) is 6.07 Å². The lowest BCUT2D eigenvalue weighted by atomic mass is 10.2. The Morgan fingerprint density at radius 1 is 1.00 bits per heavy atom. The highest BCUT2D eigenvalue weighted by Crippen LogP contribution is 2.43. The SMILES string of the molecule is FC(F)(F)C(F)(F)c1cc(-c2ccccn2)n[nH]1. The van der Waals surface area contributed by atoms with Crippen molar-refractivity contribution in [3.63, 3.8) is 0 Å². The van der Waals surface area contributed by atoms with Crippen molar-refractivity contribution >= 4 is 0 Å². The molecule has 2 rings (SSSR count). The lowest BCUT2D eigenvalue weighted by Crippen LogP contribution is -2.34. The Balaban J connectivity index is 2.38. The third kappa shape index (κ3) is 2.05. The Morgan fingerprint density at radius 3 is 2.28 bits per heavy atom. The van der Waals surface area contributed by atoms with Crippen LogP contribution >= 0.6 is 0 Å². The van der Waals surface area contributed by atoms with Gasteiger partial charge in [-0.15, -0.1) is 0 Å². The molecule has 0 amide bonds. The molecule has 0 aromatic carbocycles. The summed E-state index contributed by atoms with van der Waals surface area (Å²) in [6.45, 7) is 0. The molecular weight excluding hydrogens is 257 g/mol. The molecule has 2 aromatic rings. The molecule has 2 heterocycles. The highest BCUT2D eigenvalue weighted by atomic mass is 19.4. The van der Waals surface area contributed by atoms with Gasteiger partial charge < -0.3 is 0 Å². The first-order valence-corrected chi connectivity index (χ1v) is 4.74. The molecule has 0 aliphatic rings. The highest BCUT2D eigenvalue weighted by molar-refractivity contribution is 5.54. The van der Waals surface area contributed by atoms with Crippen molar-refractivity contribution in [2.45, 2.75) is 12.1 Å². The molecule has 96 valence electrons. The van der Waals surface area contributed by atoms with Gasteiger partial charge in [0.05, 0.1) is 5.69 Å². The van der Waals surface area contributed by atoms with Gasteiger partial charge in [-0.2, -0.15) is 27.1 Å². The molecule has 0 aliphatic carbocycles. The van der Waals surface area contributed by atoms with Crippen LogP contribution in [0.2, 0.25) is 0 Å². The van der Waals surface area contributed by atoms with Crippen LogP contribution in [-0.2, 0) is 5.92 Å². The summed E-state index contributed by atoms with van der Waals surface area (Å²) in [5.74, 6) is -4.97. The number of aromatic amines is 1. The normalized spacial score (nSPS) is 12.7. The maximum Gasteiger partial charge on any atom is 0.459 e. The standard InChI is InChI=1S/C10H6F5N3/c11-9(12,10(13,14)15)8-5-7(17-18-8)6-3-1-2-4-16-6/h1-5H,(H,17,18). The molecule has 0 bridgehead atoms. The minimum Gasteiger partial charge on any atom is -0.275 e. The van der Waals surface area contributed by atoms with Crippen molar-refractivity contribution in [1.29, 1.82) is 0 Å². The molecule has 8 heteroatoms. The Kier molecular flexibility index (Phi) is 2.80. The van der Waals surface area contributed by atoms with Gasteiger partial charge in [0.15, 0.2) is 0 Å². The predicted molar refractivity (Wildman–Crippen MR) is 51.8 cm³/mol. The molecule has 0 atom stereocenters. The number of hydrogen-bond acceptors (Lipinski definition) is 2. The number of alkyl halides is 5. The van der Waals surface area contributed by atoms with Gasteiger partial charge >= 0.3 is 12.1 Å². The van der Waals surface area contributed by atoms with E-state index < -0.39 is 17.8 Å². The van der Waals surface area contributed by atoms with Gasteiger partial charge in [0.1, 0.15) is 11.4 Å². The highest BCUT2D eigenvalue weighted by Gasteiger charge is 2.60. The first-order valence-electron chi connectivity index (χ1n) is 4.74. The van der Waals surface area contributed by atoms with Crippen molar-refractivity contribution in [3.8, 4) is 11.4 Å². The largest absolute Gasteiger partial charge is 0.459 e. The Bertz CT molecular complexity index is 532. The molecule has 3 nitrogen and oxygen atoms in total. The van der Waals surface area contributed by atoms with E-state index in [9.17, 15) is 22.0 Å². The van der Waals surface area contributed by atoms with Gasteiger partial charge in [-0.05, 0) is 18.2 Å². The van der Waals surface area contributed by atoms with Crippen LogP contribution in [0.5, 0.6) is 0 Å². The molecule has 0 fully saturated rings. The number of pyridine rings is 1. The third-order valence-electron chi connectivity index (χ3n) is 2.20. The van der Waals surface area contributed by atoms with Crippen molar-refractivity contribution in [2.75, 3.05) is 0 Å². The van der Waals surface area contributed by atoms with E-state index in [4.69, 9.17) is 0 Å². The second-order valence-electron chi connectivity index (χ2n) is 3.45. The number of aromatic nitrogens is 3. The Hall–Kier alpha value is -1.99. The van der Waals surface area contributed by atoms with Crippen molar-refractivity contribution in [3.05, 3.63) is 36.2 Å². The molecule has 2 aromatic heterocycles. The van der Waals surface area contributed by atoms with E-state index in [0.717, 1.165) is 0 Å². The molecule has 0 saturated carbocycles. The van der Waals surface area contributed by atoms with E-state index >= 15 is 0 Å². The summed E-state index contributed by atoms with van der Waals surface area (Å²) >= 11 is 0. The topological polar surface area (TPSA) is 41.6 Å². The van der Waals surface area contributed by atoms with Gasteiger partial charge in [-0.1, -0.05) is 6.07 Å². The molecule has 0 unspecified atom stereocenters. The minimum atomic E-state index is -5.67. The first kappa shape index (κ1) is 12.5. The Morgan fingerprint density at radius 2 is 1.72 bits per heavy atom. The first-order chi connectivity index (χ1) is 8.32. The maximum absolute atomic E-state index is 13.0. The summed E-state index contributed by atoms with van der Waals surface area (Å²) in [5.41, 5.74) is -1.18. The number of halogens is 5. The van der Waals surface area contributed by atoms with Gasteiger partial charge in [0.2, 0.25) is 0 Å². The third-order valence-corrected chi connectivity index (χ3v) is 2.20. The summed E-state index contributed by atoms with van der Waals surface area (Å²) < 4.78 is 62.3. The lowest BCUT2D eigenvalue weighted by Gasteiger charge is -2.17. The van der Waals surface area contributed by atoms with Gasteiger partial charge in [-0.25, -0.2) is 0 Å². The summed E-state index contributed by atoms with van der Waals surface area (Å²) in [6.07, 6.45) is -4.29. The quantitative estimate of drug-likeness (QED) is 0.846. The minimum absolute atomic E-state index is 0.0745. The lowest BCUT2D eigenvalue weighted by molar-refractivity contribution is -0.290. The molecule has 0 saturated heterocycles. The number of hydrogen-bond donors (Lipinski definition) is 1. The zero-order valence-electron chi connectivity index (χ0n) is 8.67. The van der Waals surface area contributed by atoms with Crippen LogP contribution in [0.3, 0.4) is 0 Å². The van der Waals surface area contributed by atoms with Crippen LogP contribution in [-0.4, -0.2) is 21.4 Å². The zero-order chi connectivity index (χ0) is 13.4. The van der Waals surface area contributed by atoms with E-state index in [1.807, 2.05) is 0 Å². The molecule has 18 heavy (non-hydrogen) atoms. The van der Waals surface area contributed by atoms with E-state index in [2.05, 4.69) is 10.1 Å². The van der Waals surface area contributed by atoms with Crippen molar-refractivity contribution < 1.29 is 22.0 Å². The average Bonchev–Trinajstić information content (AvgIpc) is 2.78. The monoisotopic (exact) mass is 263 g/mol. The second kappa shape index (κ2) is 4.04. The summed E-state index contributed by atoms with van der Waals surface area (Å²) in [7, 11) is 0. The van der Waals surface area contributed by atoms with Crippen LogP contribution in [0.15, 0.2) is 30.5 Å². The zero-order valence-corrected chi connectivity index (χ0v) is 8.67. The fourth-order valence-corrected chi connectivity index (χ4v) is 1.28. The maximum atomic E-state index is 13.0. The van der Waals surface area contributed by atoms with E-state index in [1.54, 1.807) is 17.2 Å². The molecule has 0 aliphatic heterocycles. The summed E-state index contributed by atoms with van der Waals surface area (Å²) in [6, 6.07) is 5.24. The average molecular weight is 263 g/mol. The number of nitrogens with zero attached hydrogens (tertiary/aromatic N) is 2. The van der Waals surface area contributed by atoms with Crippen LogP contribution in [0.1, 0.15) is 5.69 Å². The fourth-order valence-electron chi connectivity index (χ4n) is 1.28. The van der Waals surface area contributed by atoms with E-state index in [1.165, 1.54) is 12.3 Å². The van der Waals surface area contributed by atoms with Gasteiger partial charge in [0, 0.05) is 6.20 Å². The summed E-state index contributed by atoms with van der Waals surface area (Å²) in [4.78, 5) is 3.80. The number of H-pyrrole nitrogens is 1.